The Labute approximate surface area is 168 Å². The molecule has 0 fully saturated rings. The maximum Gasteiger partial charge on any atom is 0.350 e. The molecule has 0 aliphatic heterocycles. The number of aromatic nitrogens is 1. The van der Waals surface area contributed by atoms with Crippen LogP contribution in [0, 0.1) is 0 Å². The average Bonchev–Trinajstić information content (AvgIpc) is 3.08. The van der Waals surface area contributed by atoms with Crippen molar-refractivity contribution in [2.24, 2.45) is 0 Å². The molecular weight excluding hydrogens is 388 g/mol. The third-order valence-corrected chi connectivity index (χ3v) is 4.87. The van der Waals surface area contributed by atoms with Gasteiger partial charge in [0.25, 0.3) is 0 Å². The van der Waals surface area contributed by atoms with Crippen LogP contribution in [0.3, 0.4) is 0 Å². The van der Waals surface area contributed by atoms with Crippen LogP contribution in [0.5, 0.6) is 11.5 Å². The van der Waals surface area contributed by atoms with Gasteiger partial charge in [0.1, 0.15) is 4.88 Å². The first-order valence-corrected chi connectivity index (χ1v) is 10.3. The molecule has 0 saturated heterocycles. The van der Waals surface area contributed by atoms with Gasteiger partial charge in [-0.25, -0.2) is 9.78 Å². The van der Waals surface area contributed by atoms with Crippen molar-refractivity contribution in [1.29, 1.82) is 0 Å². The van der Waals surface area contributed by atoms with Gasteiger partial charge in [-0.05, 0) is 44.9 Å². The fraction of sp³-hybridized carbons (Fsp3) is 0.474. The monoisotopic (exact) mass is 412 g/mol. The van der Waals surface area contributed by atoms with Gasteiger partial charge in [-0.3, -0.25) is 0 Å². The van der Waals surface area contributed by atoms with Crippen LogP contribution in [-0.2, 0) is 17.0 Å². The largest absolute Gasteiger partial charge is 0.490 e. The second kappa shape index (κ2) is 11.0. The van der Waals surface area contributed by atoms with Crippen molar-refractivity contribution in [3.63, 3.8) is 0 Å². The summed E-state index contributed by atoms with van der Waals surface area (Å²) in [5.41, 5.74) is 1.66. The molecule has 0 atom stereocenters. The Morgan fingerprint density at radius 3 is 2.56 bits per heavy atom. The van der Waals surface area contributed by atoms with Crippen LogP contribution < -0.4 is 14.8 Å². The fourth-order valence-electron chi connectivity index (χ4n) is 2.44. The summed E-state index contributed by atoms with van der Waals surface area (Å²) in [7, 11) is 0. The normalized spacial score (nSPS) is 10.5. The molecule has 0 saturated carbocycles. The second-order valence-corrected chi connectivity index (χ2v) is 6.74. The number of carbonyl (C=O) groups excluding carboxylic acids is 1. The number of thiazole rings is 1. The van der Waals surface area contributed by atoms with Crippen molar-refractivity contribution >= 4 is 34.0 Å². The molecule has 2 rings (SSSR count). The number of anilines is 1. The molecule has 27 heavy (non-hydrogen) atoms. The molecule has 1 N–H and O–H groups in total. The number of esters is 1. The van der Waals surface area contributed by atoms with Gasteiger partial charge in [0.2, 0.25) is 0 Å². The molecule has 8 heteroatoms. The highest BCUT2D eigenvalue weighted by atomic mass is 35.5. The number of carbonyl (C=O) groups is 1. The van der Waals surface area contributed by atoms with Crippen LogP contribution in [-0.4, -0.2) is 37.3 Å². The van der Waals surface area contributed by atoms with Gasteiger partial charge >= 0.3 is 5.97 Å². The van der Waals surface area contributed by atoms with Crippen LogP contribution in [0.4, 0.5) is 5.13 Å². The van der Waals surface area contributed by atoms with E-state index in [1.807, 2.05) is 32.0 Å². The minimum Gasteiger partial charge on any atom is -0.490 e. The first-order valence-electron chi connectivity index (χ1n) is 8.98. The number of nitrogens with zero attached hydrogens (tertiary/aromatic N) is 1. The third kappa shape index (κ3) is 6.01. The molecule has 0 spiro atoms. The Morgan fingerprint density at radius 1 is 1.15 bits per heavy atom. The Kier molecular flexibility index (Phi) is 8.67. The standard InChI is InChI=1S/C19H25ClN2O4S/c1-4-24-15-8-7-13(11-16(15)25-5-2)9-10-21-19-22-14(12-20)17(27-19)18(23)26-6-3/h7-8,11H,4-6,9-10,12H2,1-3H3,(H,21,22). The second-order valence-electron chi connectivity index (χ2n) is 5.47. The van der Waals surface area contributed by atoms with E-state index in [-0.39, 0.29) is 11.8 Å². The minimum absolute atomic E-state index is 0.170. The maximum absolute atomic E-state index is 12.0. The van der Waals surface area contributed by atoms with Crippen LogP contribution in [0.25, 0.3) is 0 Å². The van der Waals surface area contributed by atoms with Crippen LogP contribution in [0.15, 0.2) is 18.2 Å². The number of halogens is 1. The van der Waals surface area contributed by atoms with Gasteiger partial charge in [0, 0.05) is 6.54 Å². The number of rotatable bonds is 11. The topological polar surface area (TPSA) is 69.7 Å². The molecule has 0 bridgehead atoms. The van der Waals surface area contributed by atoms with Gasteiger partial charge < -0.3 is 19.5 Å². The smallest absolute Gasteiger partial charge is 0.350 e. The molecule has 1 aromatic carbocycles. The lowest BCUT2D eigenvalue weighted by Gasteiger charge is -2.12. The summed E-state index contributed by atoms with van der Waals surface area (Å²) in [6.07, 6.45) is 0.775. The Bertz CT molecular complexity index is 751. The van der Waals surface area contributed by atoms with Crippen LogP contribution >= 0.6 is 22.9 Å². The molecular formula is C19H25ClN2O4S. The Balaban J connectivity index is 1.99. The van der Waals surface area contributed by atoms with Crippen molar-refractivity contribution in [2.45, 2.75) is 33.1 Å². The predicted molar refractivity (Wildman–Crippen MR) is 109 cm³/mol. The highest BCUT2D eigenvalue weighted by Crippen LogP contribution is 2.29. The number of hydrogen-bond donors (Lipinski definition) is 1. The summed E-state index contributed by atoms with van der Waals surface area (Å²) >= 11 is 7.15. The third-order valence-electron chi connectivity index (χ3n) is 3.58. The number of alkyl halides is 1. The van der Waals surface area contributed by atoms with Crippen molar-refractivity contribution in [2.75, 3.05) is 31.7 Å². The van der Waals surface area contributed by atoms with Crippen molar-refractivity contribution in [1.82, 2.24) is 4.98 Å². The van der Waals surface area contributed by atoms with Gasteiger partial charge in [0.05, 0.1) is 31.4 Å². The number of benzene rings is 1. The fourth-order valence-corrected chi connectivity index (χ4v) is 3.61. The van der Waals surface area contributed by atoms with Crippen molar-refractivity contribution in [3.05, 3.63) is 34.3 Å². The summed E-state index contributed by atoms with van der Waals surface area (Å²) in [6, 6.07) is 5.94. The SMILES string of the molecule is CCOC(=O)c1sc(NCCc2ccc(OCC)c(OCC)c2)nc1CCl. The highest BCUT2D eigenvalue weighted by molar-refractivity contribution is 7.17. The zero-order valence-corrected chi connectivity index (χ0v) is 17.4. The predicted octanol–water partition coefficient (Wildman–Crippen LogP) is 4.51. The van der Waals surface area contributed by atoms with Crippen molar-refractivity contribution in [3.8, 4) is 11.5 Å². The Morgan fingerprint density at radius 2 is 1.89 bits per heavy atom. The van der Waals surface area contributed by atoms with Gasteiger partial charge in [-0.15, -0.1) is 11.6 Å². The lowest BCUT2D eigenvalue weighted by molar-refractivity contribution is 0.0531. The summed E-state index contributed by atoms with van der Waals surface area (Å²) in [5.74, 6) is 1.29. The molecule has 0 amide bonds. The number of ether oxygens (including phenoxy) is 3. The lowest BCUT2D eigenvalue weighted by atomic mass is 10.1. The maximum atomic E-state index is 12.0. The van der Waals surface area contributed by atoms with E-state index in [4.69, 9.17) is 25.8 Å². The van der Waals surface area contributed by atoms with E-state index in [0.717, 1.165) is 23.5 Å². The molecule has 0 aliphatic rings. The van der Waals surface area contributed by atoms with Gasteiger partial charge in [-0.1, -0.05) is 17.4 Å². The molecule has 6 nitrogen and oxygen atoms in total. The molecule has 1 aromatic heterocycles. The molecule has 1 heterocycles. The summed E-state index contributed by atoms with van der Waals surface area (Å²) in [4.78, 5) is 16.8. The number of nitrogens with one attached hydrogen (secondary N) is 1. The van der Waals surface area contributed by atoms with Crippen LogP contribution in [0.1, 0.15) is 41.7 Å². The average molecular weight is 413 g/mol. The molecule has 0 radical (unpaired) electrons. The van der Waals surface area contributed by atoms with E-state index < -0.39 is 0 Å². The quantitative estimate of drug-likeness (QED) is 0.432. The first kappa shape index (κ1) is 21.3. The van der Waals surface area contributed by atoms with E-state index in [1.54, 1.807) is 6.92 Å². The number of hydrogen-bond acceptors (Lipinski definition) is 7. The molecule has 0 aliphatic carbocycles. The molecule has 148 valence electrons. The van der Waals surface area contributed by atoms with Gasteiger partial charge in [0.15, 0.2) is 16.6 Å². The van der Waals surface area contributed by atoms with E-state index in [1.165, 1.54) is 11.3 Å². The Hall–Kier alpha value is -1.99. The van der Waals surface area contributed by atoms with Crippen LogP contribution in [0.2, 0.25) is 0 Å². The summed E-state index contributed by atoms with van der Waals surface area (Å²) < 4.78 is 16.3. The molecule has 2 aromatic rings. The minimum atomic E-state index is -0.383. The van der Waals surface area contributed by atoms with Crippen molar-refractivity contribution < 1.29 is 19.0 Å². The first-order chi connectivity index (χ1) is 13.1. The summed E-state index contributed by atoms with van der Waals surface area (Å²) in [5, 5.41) is 3.90. The highest BCUT2D eigenvalue weighted by Gasteiger charge is 2.18. The van der Waals surface area contributed by atoms with E-state index in [9.17, 15) is 4.79 Å². The zero-order chi connectivity index (χ0) is 19.6. The molecule has 0 unspecified atom stereocenters. The van der Waals surface area contributed by atoms with E-state index >= 15 is 0 Å². The van der Waals surface area contributed by atoms with Gasteiger partial charge in [-0.2, -0.15) is 0 Å². The zero-order valence-electron chi connectivity index (χ0n) is 15.8. The lowest BCUT2D eigenvalue weighted by Crippen LogP contribution is -2.05. The summed E-state index contributed by atoms with van der Waals surface area (Å²) in [6.45, 7) is 7.82. The van der Waals surface area contributed by atoms with E-state index in [0.29, 0.717) is 42.1 Å². The van der Waals surface area contributed by atoms with E-state index in [2.05, 4.69) is 10.3 Å².